The molecule has 30 heavy (non-hydrogen) atoms. The second-order valence-corrected chi connectivity index (χ2v) is 8.44. The molecule has 2 aliphatic rings. The monoisotopic (exact) mass is 418 g/mol. The summed E-state index contributed by atoms with van der Waals surface area (Å²) in [5.74, 6) is 0.145. The van der Waals surface area contributed by atoms with E-state index in [2.05, 4.69) is 41.3 Å². The van der Waals surface area contributed by atoms with Gasteiger partial charge in [-0.3, -0.25) is 4.90 Å². The summed E-state index contributed by atoms with van der Waals surface area (Å²) in [6, 6.07) is 18.8. The second-order valence-electron chi connectivity index (χ2n) is 8.44. The van der Waals surface area contributed by atoms with Crippen molar-refractivity contribution in [3.05, 3.63) is 60.2 Å². The van der Waals surface area contributed by atoms with E-state index in [-0.39, 0.29) is 31.2 Å². The first-order chi connectivity index (χ1) is 14.5. The van der Waals surface area contributed by atoms with Crippen molar-refractivity contribution in [3.8, 4) is 11.1 Å². The summed E-state index contributed by atoms with van der Waals surface area (Å²) in [5.41, 5.74) is 3.45. The third-order valence-corrected chi connectivity index (χ3v) is 6.57. The number of nitrogens with zero attached hydrogens (tertiary/aromatic N) is 2. The fraction of sp³-hybridized carbons (Fsp3) is 0.500. The van der Waals surface area contributed by atoms with Gasteiger partial charge in [-0.2, -0.15) is 13.2 Å². The first kappa shape index (κ1) is 21.3. The largest absolute Gasteiger partial charge is 0.395 e. The predicted octanol–water partition coefficient (Wildman–Crippen LogP) is 4.53. The molecule has 3 atom stereocenters. The summed E-state index contributed by atoms with van der Waals surface area (Å²) < 4.78 is 38.2. The van der Waals surface area contributed by atoms with Crippen molar-refractivity contribution in [2.45, 2.75) is 43.4 Å². The topological polar surface area (TPSA) is 26.7 Å². The Bertz CT molecular complexity index is 809. The van der Waals surface area contributed by atoms with Crippen molar-refractivity contribution in [1.82, 2.24) is 9.80 Å². The normalized spacial score (nSPS) is 25.8. The number of alkyl halides is 3. The van der Waals surface area contributed by atoms with Crippen molar-refractivity contribution in [1.29, 1.82) is 0 Å². The summed E-state index contributed by atoms with van der Waals surface area (Å²) in [7, 11) is 0. The van der Waals surface area contributed by atoms with Crippen LogP contribution in [0.3, 0.4) is 0 Å². The maximum absolute atomic E-state index is 12.7. The molecule has 162 valence electrons. The molecule has 0 radical (unpaired) electrons. The van der Waals surface area contributed by atoms with Crippen LogP contribution in [0.1, 0.15) is 30.7 Å². The van der Waals surface area contributed by atoms with Crippen LogP contribution < -0.4 is 0 Å². The Kier molecular flexibility index (Phi) is 6.46. The summed E-state index contributed by atoms with van der Waals surface area (Å²) in [4.78, 5) is 4.26. The molecule has 4 rings (SSSR count). The number of fused-ring (bicyclic) bond motifs is 1. The predicted molar refractivity (Wildman–Crippen MR) is 112 cm³/mol. The van der Waals surface area contributed by atoms with Crippen molar-refractivity contribution in [3.63, 3.8) is 0 Å². The number of aliphatic hydroxyl groups is 1. The van der Waals surface area contributed by atoms with Crippen molar-refractivity contribution in [2.24, 2.45) is 0 Å². The number of aliphatic hydroxyl groups excluding tert-OH is 1. The highest BCUT2D eigenvalue weighted by atomic mass is 19.4. The van der Waals surface area contributed by atoms with Crippen LogP contribution in [0, 0.1) is 0 Å². The third kappa shape index (κ3) is 4.71. The number of halogens is 3. The van der Waals surface area contributed by atoms with Crippen LogP contribution in [0.4, 0.5) is 13.2 Å². The summed E-state index contributed by atoms with van der Waals surface area (Å²) >= 11 is 0. The molecule has 0 aromatic heterocycles. The zero-order chi connectivity index (χ0) is 21.1. The first-order valence-corrected chi connectivity index (χ1v) is 10.8. The Hall–Kier alpha value is -1.89. The van der Waals surface area contributed by atoms with Gasteiger partial charge in [0.15, 0.2) is 0 Å². The summed E-state index contributed by atoms with van der Waals surface area (Å²) in [5, 5.41) is 10.0. The lowest BCUT2D eigenvalue weighted by atomic mass is 9.74. The standard InChI is InChI=1S/C24H29F3N2O/c25-24(26,27)12-15-28-13-4-5-14-29-21(16-28)23(22(29)17-30)20-10-8-19(9-11-20)18-6-2-1-3-7-18/h1-3,6-11,21-23,30H,4-5,12-17H2/t21-,22+,23-/m1/s1. The Morgan fingerprint density at radius 3 is 2.23 bits per heavy atom. The summed E-state index contributed by atoms with van der Waals surface area (Å²) in [6.07, 6.45) is -3.04. The quantitative estimate of drug-likeness (QED) is 0.773. The van der Waals surface area contributed by atoms with E-state index in [9.17, 15) is 18.3 Å². The van der Waals surface area contributed by atoms with Crippen LogP contribution in [0.5, 0.6) is 0 Å². The molecular formula is C24H29F3N2O. The maximum atomic E-state index is 12.7. The minimum Gasteiger partial charge on any atom is -0.395 e. The fourth-order valence-electron chi connectivity index (χ4n) is 5.03. The molecule has 0 amide bonds. The van der Waals surface area contributed by atoms with E-state index in [1.54, 1.807) is 0 Å². The van der Waals surface area contributed by atoms with Gasteiger partial charge >= 0.3 is 6.18 Å². The van der Waals surface area contributed by atoms with Crippen LogP contribution in [0.25, 0.3) is 11.1 Å². The molecule has 0 aliphatic carbocycles. The Morgan fingerprint density at radius 1 is 0.900 bits per heavy atom. The molecule has 0 saturated carbocycles. The van der Waals surface area contributed by atoms with Crippen LogP contribution in [0.15, 0.2) is 54.6 Å². The number of hydrogen-bond acceptors (Lipinski definition) is 3. The molecule has 2 saturated heterocycles. The number of rotatable bonds is 5. The van der Waals surface area contributed by atoms with Crippen molar-refractivity contribution in [2.75, 3.05) is 32.8 Å². The van der Waals surface area contributed by atoms with Crippen molar-refractivity contribution >= 4 is 0 Å². The molecule has 1 N–H and O–H groups in total. The van der Waals surface area contributed by atoms with Gasteiger partial charge in [-0.25, -0.2) is 0 Å². The minimum atomic E-state index is -4.12. The van der Waals surface area contributed by atoms with Gasteiger partial charge in [-0.1, -0.05) is 54.6 Å². The maximum Gasteiger partial charge on any atom is 0.390 e. The van der Waals surface area contributed by atoms with Crippen molar-refractivity contribution < 1.29 is 18.3 Å². The van der Waals surface area contributed by atoms with Crippen LogP contribution in [-0.2, 0) is 0 Å². The molecule has 0 unspecified atom stereocenters. The average molecular weight is 419 g/mol. The van der Waals surface area contributed by atoms with E-state index < -0.39 is 12.6 Å². The Balaban J connectivity index is 1.51. The molecule has 0 bridgehead atoms. The number of hydrogen-bond donors (Lipinski definition) is 1. The van der Waals surface area contributed by atoms with Gasteiger partial charge in [0, 0.05) is 31.1 Å². The first-order valence-electron chi connectivity index (χ1n) is 10.8. The van der Waals surface area contributed by atoms with E-state index in [0.717, 1.165) is 36.1 Å². The molecule has 2 fully saturated rings. The fourth-order valence-corrected chi connectivity index (χ4v) is 5.03. The highest BCUT2D eigenvalue weighted by Gasteiger charge is 2.49. The zero-order valence-corrected chi connectivity index (χ0v) is 17.1. The second kappa shape index (κ2) is 9.08. The molecule has 6 heteroatoms. The Morgan fingerprint density at radius 2 is 1.57 bits per heavy atom. The van der Waals surface area contributed by atoms with E-state index in [1.165, 1.54) is 0 Å². The van der Waals surface area contributed by atoms with E-state index in [4.69, 9.17) is 0 Å². The molecule has 2 heterocycles. The summed E-state index contributed by atoms with van der Waals surface area (Å²) in [6.45, 7) is 2.37. The molecule has 2 aromatic rings. The Labute approximate surface area is 176 Å². The van der Waals surface area contributed by atoms with Gasteiger partial charge < -0.3 is 10.0 Å². The van der Waals surface area contributed by atoms with Crippen LogP contribution in [0.2, 0.25) is 0 Å². The highest BCUT2D eigenvalue weighted by Crippen LogP contribution is 2.42. The molecule has 3 nitrogen and oxygen atoms in total. The highest BCUT2D eigenvalue weighted by molar-refractivity contribution is 5.63. The van der Waals surface area contributed by atoms with Gasteiger partial charge in [0.05, 0.1) is 13.0 Å². The molecule has 2 aromatic carbocycles. The molecular weight excluding hydrogens is 389 g/mol. The SMILES string of the molecule is OC[C@H]1[C@H](c2ccc(-c3ccccc3)cc2)[C@H]2CN(CCC(F)(F)F)CCCCN21. The minimum absolute atomic E-state index is 0.0418. The average Bonchev–Trinajstić information content (AvgIpc) is 2.72. The smallest absolute Gasteiger partial charge is 0.390 e. The van der Waals surface area contributed by atoms with E-state index >= 15 is 0 Å². The lowest BCUT2D eigenvalue weighted by Gasteiger charge is -2.57. The van der Waals surface area contributed by atoms with Gasteiger partial charge in [0.2, 0.25) is 0 Å². The van der Waals surface area contributed by atoms with E-state index in [1.807, 2.05) is 23.1 Å². The van der Waals surface area contributed by atoms with E-state index in [0.29, 0.717) is 13.1 Å². The number of benzene rings is 2. The lowest BCUT2D eigenvalue weighted by Crippen LogP contribution is -2.67. The van der Waals surface area contributed by atoms with Gasteiger partial charge in [0.25, 0.3) is 0 Å². The zero-order valence-electron chi connectivity index (χ0n) is 17.1. The van der Waals surface area contributed by atoms with Crippen LogP contribution >= 0.6 is 0 Å². The third-order valence-electron chi connectivity index (χ3n) is 6.57. The van der Waals surface area contributed by atoms with Gasteiger partial charge in [-0.05, 0) is 42.6 Å². The molecule has 2 aliphatic heterocycles. The molecule has 0 spiro atoms. The van der Waals surface area contributed by atoms with Crippen LogP contribution in [-0.4, -0.2) is 66.0 Å². The lowest BCUT2D eigenvalue weighted by molar-refractivity contribution is -0.140. The van der Waals surface area contributed by atoms with Gasteiger partial charge in [-0.15, -0.1) is 0 Å². The van der Waals surface area contributed by atoms with Gasteiger partial charge in [0.1, 0.15) is 0 Å².